The van der Waals surface area contributed by atoms with E-state index in [1.165, 1.54) is 18.3 Å². The number of pyridine rings is 1. The molecule has 0 unspecified atom stereocenters. The van der Waals surface area contributed by atoms with Gasteiger partial charge >= 0.3 is 11.1 Å². The van der Waals surface area contributed by atoms with E-state index in [2.05, 4.69) is 4.98 Å². The molecule has 0 radical (unpaired) electrons. The molecule has 2 rings (SSSR count). The highest BCUT2D eigenvalue weighted by molar-refractivity contribution is 8.15. The first-order chi connectivity index (χ1) is 9.06. The van der Waals surface area contributed by atoms with Gasteiger partial charge in [0.05, 0.1) is 5.69 Å². The fourth-order valence-electron chi connectivity index (χ4n) is 1.40. The Morgan fingerprint density at radius 3 is 2.47 bits per heavy atom. The third-order valence-corrected chi connectivity index (χ3v) is 3.11. The molecule has 2 aromatic rings. The number of hydrogen-bond donors (Lipinski definition) is 1. The van der Waals surface area contributed by atoms with E-state index in [-0.39, 0.29) is 5.82 Å². The van der Waals surface area contributed by atoms with Crippen molar-refractivity contribution in [2.45, 2.75) is 4.90 Å². The zero-order chi connectivity index (χ0) is 13.8. The van der Waals surface area contributed by atoms with Gasteiger partial charge in [-0.2, -0.15) is 0 Å². The number of carbonyl (C=O) groups excluding carboxylic acids is 1. The van der Waals surface area contributed by atoms with Crippen LogP contribution in [-0.2, 0) is 9.59 Å². The summed E-state index contributed by atoms with van der Waals surface area (Å²) in [6.45, 7) is 0. The monoisotopic (exact) mass is 277 g/mol. The minimum Gasteiger partial charge on any atom is -0.475 e. The standard InChI is InChI=1S/C13H8FNO3S/c14-9-3-1-8(2-4-9)11-7-10(5-6-15-11)19-13(18)12(16)17/h1-7H,(H,16,17). The van der Waals surface area contributed by atoms with Crippen LogP contribution >= 0.6 is 11.8 Å². The molecule has 0 spiro atoms. The van der Waals surface area contributed by atoms with Crippen molar-refractivity contribution in [3.8, 4) is 11.3 Å². The summed E-state index contributed by atoms with van der Waals surface area (Å²) in [5, 5.41) is 7.57. The molecule has 1 aromatic carbocycles. The van der Waals surface area contributed by atoms with Crippen molar-refractivity contribution < 1.29 is 19.1 Å². The molecule has 0 aliphatic rings. The Labute approximate surface area is 112 Å². The number of carboxylic acids is 1. The summed E-state index contributed by atoms with van der Waals surface area (Å²) >= 11 is 0.611. The molecule has 0 saturated carbocycles. The van der Waals surface area contributed by atoms with Crippen LogP contribution in [0, 0.1) is 5.82 Å². The predicted octanol–water partition coefficient (Wildman–Crippen LogP) is 2.59. The van der Waals surface area contributed by atoms with E-state index in [0.717, 1.165) is 0 Å². The zero-order valence-corrected chi connectivity index (χ0v) is 10.4. The second-order valence-electron chi connectivity index (χ2n) is 3.58. The lowest BCUT2D eigenvalue weighted by atomic mass is 10.1. The molecule has 1 N–H and O–H groups in total. The van der Waals surface area contributed by atoms with E-state index in [1.807, 2.05) is 0 Å². The van der Waals surface area contributed by atoms with E-state index >= 15 is 0 Å². The molecule has 1 aromatic heterocycles. The Morgan fingerprint density at radius 1 is 1.16 bits per heavy atom. The lowest BCUT2D eigenvalue weighted by Gasteiger charge is -2.03. The van der Waals surface area contributed by atoms with Gasteiger partial charge in [0.15, 0.2) is 0 Å². The maximum atomic E-state index is 12.8. The highest BCUT2D eigenvalue weighted by Gasteiger charge is 2.13. The minimum absolute atomic E-state index is 0.352. The molecular formula is C13H8FNO3S. The maximum Gasteiger partial charge on any atom is 0.383 e. The van der Waals surface area contributed by atoms with Crippen molar-refractivity contribution in [1.29, 1.82) is 0 Å². The molecule has 0 fully saturated rings. The third kappa shape index (κ3) is 3.38. The fourth-order valence-corrected chi connectivity index (χ4v) is 2.00. The van der Waals surface area contributed by atoms with Gasteiger partial charge in [-0.3, -0.25) is 9.78 Å². The van der Waals surface area contributed by atoms with Gasteiger partial charge in [-0.15, -0.1) is 0 Å². The van der Waals surface area contributed by atoms with E-state index in [1.54, 1.807) is 24.3 Å². The molecule has 0 aliphatic heterocycles. The van der Waals surface area contributed by atoms with Gasteiger partial charge in [-0.05, 0) is 48.2 Å². The zero-order valence-electron chi connectivity index (χ0n) is 9.54. The van der Waals surface area contributed by atoms with Crippen LogP contribution in [0.1, 0.15) is 0 Å². The van der Waals surface area contributed by atoms with Gasteiger partial charge in [-0.1, -0.05) is 0 Å². The summed E-state index contributed by atoms with van der Waals surface area (Å²) in [5.41, 5.74) is 1.23. The molecule has 0 amide bonds. The molecule has 1 heterocycles. The number of nitrogens with zero attached hydrogens (tertiary/aromatic N) is 1. The summed E-state index contributed by atoms with van der Waals surface area (Å²) in [7, 11) is 0. The van der Waals surface area contributed by atoms with Gasteiger partial charge in [0.2, 0.25) is 0 Å². The third-order valence-electron chi connectivity index (χ3n) is 2.26. The second kappa shape index (κ2) is 5.62. The van der Waals surface area contributed by atoms with Gasteiger partial charge in [0, 0.05) is 16.7 Å². The van der Waals surface area contributed by atoms with Crippen LogP contribution in [0.5, 0.6) is 0 Å². The summed E-state index contributed by atoms with van der Waals surface area (Å²) in [5.74, 6) is -1.85. The lowest BCUT2D eigenvalue weighted by Crippen LogP contribution is -2.07. The number of carbonyl (C=O) groups is 2. The SMILES string of the molecule is O=C(O)C(=O)Sc1ccnc(-c2ccc(F)cc2)c1. The number of carboxylic acid groups (broad SMARTS) is 1. The van der Waals surface area contributed by atoms with Crippen LogP contribution in [0.25, 0.3) is 11.3 Å². The van der Waals surface area contributed by atoms with Crippen molar-refractivity contribution in [3.05, 3.63) is 48.4 Å². The van der Waals surface area contributed by atoms with Crippen LogP contribution < -0.4 is 0 Å². The van der Waals surface area contributed by atoms with Crippen molar-refractivity contribution in [2.75, 3.05) is 0 Å². The van der Waals surface area contributed by atoms with Crippen molar-refractivity contribution in [1.82, 2.24) is 4.98 Å². The van der Waals surface area contributed by atoms with Gasteiger partial charge in [0.25, 0.3) is 0 Å². The Balaban J connectivity index is 2.26. The first-order valence-electron chi connectivity index (χ1n) is 5.23. The minimum atomic E-state index is -1.50. The number of thioether (sulfide) groups is 1. The molecule has 19 heavy (non-hydrogen) atoms. The van der Waals surface area contributed by atoms with Crippen LogP contribution in [-0.4, -0.2) is 21.2 Å². The van der Waals surface area contributed by atoms with Crippen LogP contribution in [0.2, 0.25) is 0 Å². The van der Waals surface area contributed by atoms with E-state index in [4.69, 9.17) is 5.11 Å². The topological polar surface area (TPSA) is 67.3 Å². The average Bonchev–Trinajstić information content (AvgIpc) is 2.39. The van der Waals surface area contributed by atoms with E-state index in [0.29, 0.717) is 27.9 Å². The highest BCUT2D eigenvalue weighted by Crippen LogP contribution is 2.24. The van der Waals surface area contributed by atoms with Crippen LogP contribution in [0.15, 0.2) is 47.5 Å². The number of rotatable bonds is 2. The van der Waals surface area contributed by atoms with Gasteiger partial charge in [-0.25, -0.2) is 9.18 Å². The smallest absolute Gasteiger partial charge is 0.383 e. The van der Waals surface area contributed by atoms with Crippen molar-refractivity contribution in [2.24, 2.45) is 0 Å². The lowest BCUT2D eigenvalue weighted by molar-refractivity contribution is -0.144. The van der Waals surface area contributed by atoms with E-state index < -0.39 is 11.1 Å². The predicted molar refractivity (Wildman–Crippen MR) is 68.1 cm³/mol. The first kappa shape index (κ1) is 13.2. The number of hydrogen-bond acceptors (Lipinski definition) is 4. The molecule has 0 bridgehead atoms. The number of halogens is 1. The highest BCUT2D eigenvalue weighted by atomic mass is 32.2. The van der Waals surface area contributed by atoms with Gasteiger partial charge < -0.3 is 5.11 Å². The Morgan fingerprint density at radius 2 is 1.84 bits per heavy atom. The summed E-state index contributed by atoms with van der Waals surface area (Å²) in [4.78, 5) is 26.1. The number of aliphatic carboxylic acids is 1. The molecular weight excluding hydrogens is 269 g/mol. The molecule has 4 nitrogen and oxygen atoms in total. The average molecular weight is 277 g/mol. The van der Waals surface area contributed by atoms with Gasteiger partial charge in [0.1, 0.15) is 5.82 Å². The molecule has 6 heteroatoms. The summed E-state index contributed by atoms with van der Waals surface area (Å²) < 4.78 is 12.8. The quantitative estimate of drug-likeness (QED) is 0.675. The van der Waals surface area contributed by atoms with Crippen LogP contribution in [0.3, 0.4) is 0 Å². The molecule has 96 valence electrons. The van der Waals surface area contributed by atoms with Crippen molar-refractivity contribution in [3.63, 3.8) is 0 Å². The molecule has 0 saturated heterocycles. The van der Waals surface area contributed by atoms with E-state index in [9.17, 15) is 14.0 Å². The molecule has 0 aliphatic carbocycles. The normalized spacial score (nSPS) is 10.2. The summed E-state index contributed by atoms with van der Waals surface area (Å²) in [6, 6.07) is 8.85. The Hall–Kier alpha value is -2.21. The number of aromatic nitrogens is 1. The summed E-state index contributed by atoms with van der Waals surface area (Å²) in [6.07, 6.45) is 1.47. The largest absolute Gasteiger partial charge is 0.475 e. The second-order valence-corrected chi connectivity index (χ2v) is 4.62. The maximum absolute atomic E-state index is 12.8. The first-order valence-corrected chi connectivity index (χ1v) is 6.05. The van der Waals surface area contributed by atoms with Crippen molar-refractivity contribution >= 4 is 22.8 Å². The number of benzene rings is 1. The Kier molecular flexibility index (Phi) is 3.91. The Bertz CT molecular complexity index is 628. The molecule has 0 atom stereocenters. The fraction of sp³-hybridized carbons (Fsp3) is 0. The van der Waals surface area contributed by atoms with Crippen LogP contribution in [0.4, 0.5) is 4.39 Å².